The Balaban J connectivity index is 1.91. The fourth-order valence-corrected chi connectivity index (χ4v) is 2.49. The normalized spacial score (nSPS) is 21.9. The molecule has 0 aliphatic carbocycles. The average molecular weight is 237 g/mol. The van der Waals surface area contributed by atoms with Gasteiger partial charge in [0.2, 0.25) is 0 Å². The van der Waals surface area contributed by atoms with Gasteiger partial charge in [0.05, 0.1) is 5.69 Å². The molecule has 5 heteroatoms. The predicted molar refractivity (Wildman–Crippen MR) is 67.6 cm³/mol. The Morgan fingerprint density at radius 1 is 1.47 bits per heavy atom. The number of likely N-dealkylation sites (N-methyl/N-ethyl adjacent to an activating group) is 1. The van der Waals surface area contributed by atoms with Crippen molar-refractivity contribution in [2.24, 2.45) is 7.05 Å². The summed E-state index contributed by atoms with van der Waals surface area (Å²) in [6, 6.07) is 0.658. The van der Waals surface area contributed by atoms with E-state index in [4.69, 9.17) is 0 Å². The quantitative estimate of drug-likeness (QED) is 0.822. The summed E-state index contributed by atoms with van der Waals surface area (Å²) in [4.78, 5) is 2.54. The number of nitrogens with zero attached hydrogens (tertiary/aromatic N) is 4. The minimum Gasteiger partial charge on any atom is -0.315 e. The first-order valence-corrected chi connectivity index (χ1v) is 6.59. The zero-order chi connectivity index (χ0) is 12.1. The monoisotopic (exact) mass is 237 g/mol. The van der Waals surface area contributed by atoms with Gasteiger partial charge < -0.3 is 5.32 Å². The van der Waals surface area contributed by atoms with Crippen LogP contribution in [0.3, 0.4) is 0 Å². The van der Waals surface area contributed by atoms with Gasteiger partial charge in [0.15, 0.2) is 0 Å². The maximum Gasteiger partial charge on any atom is 0.0967 e. The zero-order valence-corrected chi connectivity index (χ0v) is 10.9. The molecule has 17 heavy (non-hydrogen) atoms. The molecule has 0 saturated carbocycles. The summed E-state index contributed by atoms with van der Waals surface area (Å²) in [6.45, 7) is 6.43. The van der Waals surface area contributed by atoms with Crippen molar-refractivity contribution in [1.29, 1.82) is 0 Å². The highest BCUT2D eigenvalue weighted by Gasteiger charge is 2.22. The van der Waals surface area contributed by atoms with Gasteiger partial charge in [0.1, 0.15) is 0 Å². The van der Waals surface area contributed by atoms with Crippen LogP contribution in [-0.2, 0) is 13.6 Å². The molecule has 0 amide bonds. The third-order valence-electron chi connectivity index (χ3n) is 3.39. The Labute approximate surface area is 103 Å². The Bertz CT molecular complexity index is 335. The number of hydrogen-bond acceptors (Lipinski definition) is 4. The molecule has 1 atom stereocenters. The lowest BCUT2D eigenvalue weighted by molar-refractivity contribution is 0.136. The maximum absolute atomic E-state index is 4.18. The van der Waals surface area contributed by atoms with E-state index in [0.29, 0.717) is 6.04 Å². The number of nitrogens with one attached hydrogen (secondary N) is 1. The van der Waals surface area contributed by atoms with Crippen LogP contribution in [-0.4, -0.2) is 45.6 Å². The topological polar surface area (TPSA) is 46.0 Å². The first kappa shape index (κ1) is 12.5. The van der Waals surface area contributed by atoms with E-state index in [1.807, 2.05) is 13.2 Å². The van der Waals surface area contributed by atoms with Crippen molar-refractivity contribution >= 4 is 0 Å². The number of piperidine rings is 1. The fourth-order valence-electron chi connectivity index (χ4n) is 2.49. The van der Waals surface area contributed by atoms with Gasteiger partial charge in [-0.05, 0) is 25.9 Å². The van der Waals surface area contributed by atoms with Crippen LogP contribution < -0.4 is 5.32 Å². The van der Waals surface area contributed by atoms with E-state index in [1.54, 1.807) is 4.68 Å². The Kier molecular flexibility index (Phi) is 4.50. The molecule has 1 aromatic heterocycles. The van der Waals surface area contributed by atoms with E-state index in [-0.39, 0.29) is 0 Å². The molecule has 0 bridgehead atoms. The molecule has 0 spiro atoms. The second-order valence-electron chi connectivity index (χ2n) is 4.81. The van der Waals surface area contributed by atoms with Crippen molar-refractivity contribution in [3.05, 3.63) is 11.9 Å². The standard InChI is InChI=1S/C12H23N5/c1-3-13-8-12-6-4-5-7-17(12)10-11-9-16(2)15-14-11/h9,12-13H,3-8,10H2,1-2H3. The third kappa shape index (κ3) is 3.51. The van der Waals surface area contributed by atoms with E-state index in [1.165, 1.54) is 25.8 Å². The minimum absolute atomic E-state index is 0.658. The molecule has 1 fully saturated rings. The van der Waals surface area contributed by atoms with Crippen LogP contribution in [0.1, 0.15) is 31.9 Å². The van der Waals surface area contributed by atoms with Gasteiger partial charge in [-0.25, -0.2) is 0 Å². The van der Waals surface area contributed by atoms with Crippen molar-refractivity contribution in [3.8, 4) is 0 Å². The minimum atomic E-state index is 0.658. The Hall–Kier alpha value is -0.940. The highest BCUT2D eigenvalue weighted by molar-refractivity contribution is 4.94. The highest BCUT2D eigenvalue weighted by atomic mass is 15.4. The van der Waals surface area contributed by atoms with Gasteiger partial charge in [0, 0.05) is 32.4 Å². The largest absolute Gasteiger partial charge is 0.315 e. The summed E-state index contributed by atoms with van der Waals surface area (Å²) in [6.07, 6.45) is 5.97. The molecule has 1 aromatic rings. The predicted octanol–water partition coefficient (Wildman–Crippen LogP) is 0.779. The van der Waals surface area contributed by atoms with E-state index in [9.17, 15) is 0 Å². The molecule has 2 rings (SSSR count). The Morgan fingerprint density at radius 3 is 3.06 bits per heavy atom. The van der Waals surface area contributed by atoms with Crippen LogP contribution in [0.4, 0.5) is 0 Å². The highest BCUT2D eigenvalue weighted by Crippen LogP contribution is 2.18. The first-order chi connectivity index (χ1) is 8.29. The van der Waals surface area contributed by atoms with E-state index in [0.717, 1.165) is 25.3 Å². The van der Waals surface area contributed by atoms with Crippen molar-refractivity contribution in [2.45, 2.75) is 38.8 Å². The number of aromatic nitrogens is 3. The summed E-state index contributed by atoms with van der Waals surface area (Å²) in [7, 11) is 1.92. The molecule has 0 aromatic carbocycles. The number of rotatable bonds is 5. The average Bonchev–Trinajstić information content (AvgIpc) is 2.74. The second-order valence-corrected chi connectivity index (χ2v) is 4.81. The molecule has 1 N–H and O–H groups in total. The van der Waals surface area contributed by atoms with Crippen LogP contribution in [0.2, 0.25) is 0 Å². The van der Waals surface area contributed by atoms with Crippen LogP contribution in [0, 0.1) is 0 Å². The van der Waals surface area contributed by atoms with Crippen molar-refractivity contribution in [1.82, 2.24) is 25.2 Å². The fraction of sp³-hybridized carbons (Fsp3) is 0.833. The molecule has 1 aliphatic heterocycles. The summed E-state index contributed by atoms with van der Waals surface area (Å²) in [5.41, 5.74) is 1.08. The van der Waals surface area contributed by atoms with Crippen molar-refractivity contribution in [2.75, 3.05) is 19.6 Å². The molecule has 0 radical (unpaired) electrons. The molecule has 1 unspecified atom stereocenters. The van der Waals surface area contributed by atoms with Crippen LogP contribution in [0.5, 0.6) is 0 Å². The molecule has 2 heterocycles. The van der Waals surface area contributed by atoms with Gasteiger partial charge in [-0.3, -0.25) is 9.58 Å². The Morgan fingerprint density at radius 2 is 2.35 bits per heavy atom. The molecule has 5 nitrogen and oxygen atoms in total. The number of likely N-dealkylation sites (tertiary alicyclic amines) is 1. The zero-order valence-electron chi connectivity index (χ0n) is 10.9. The SMILES string of the molecule is CCNCC1CCCCN1Cc1cn(C)nn1. The van der Waals surface area contributed by atoms with Gasteiger partial charge in [-0.15, -0.1) is 5.10 Å². The molecular formula is C12H23N5. The lowest BCUT2D eigenvalue weighted by atomic mass is 10.0. The first-order valence-electron chi connectivity index (χ1n) is 6.59. The second kappa shape index (κ2) is 6.12. The van der Waals surface area contributed by atoms with Gasteiger partial charge >= 0.3 is 0 Å². The molecule has 96 valence electrons. The van der Waals surface area contributed by atoms with Crippen LogP contribution in [0.25, 0.3) is 0 Å². The smallest absolute Gasteiger partial charge is 0.0967 e. The lowest BCUT2D eigenvalue weighted by Gasteiger charge is -2.35. The van der Waals surface area contributed by atoms with Gasteiger partial charge in [0.25, 0.3) is 0 Å². The number of aryl methyl sites for hydroxylation is 1. The molecular weight excluding hydrogens is 214 g/mol. The summed E-state index contributed by atoms with van der Waals surface area (Å²) in [5, 5.41) is 11.6. The lowest BCUT2D eigenvalue weighted by Crippen LogP contribution is -2.45. The third-order valence-corrected chi connectivity index (χ3v) is 3.39. The number of hydrogen-bond donors (Lipinski definition) is 1. The molecule has 1 saturated heterocycles. The maximum atomic E-state index is 4.18. The van der Waals surface area contributed by atoms with Gasteiger partial charge in [-0.2, -0.15) is 0 Å². The summed E-state index contributed by atoms with van der Waals surface area (Å²) in [5.74, 6) is 0. The van der Waals surface area contributed by atoms with E-state index < -0.39 is 0 Å². The van der Waals surface area contributed by atoms with Gasteiger partial charge in [-0.1, -0.05) is 18.6 Å². The van der Waals surface area contributed by atoms with E-state index in [2.05, 4.69) is 27.5 Å². The van der Waals surface area contributed by atoms with Crippen LogP contribution >= 0.6 is 0 Å². The summed E-state index contributed by atoms with van der Waals surface area (Å²) >= 11 is 0. The molecule has 1 aliphatic rings. The van der Waals surface area contributed by atoms with E-state index >= 15 is 0 Å². The van der Waals surface area contributed by atoms with Crippen molar-refractivity contribution in [3.63, 3.8) is 0 Å². The van der Waals surface area contributed by atoms with Crippen molar-refractivity contribution < 1.29 is 0 Å². The summed E-state index contributed by atoms with van der Waals surface area (Å²) < 4.78 is 1.78. The van der Waals surface area contributed by atoms with Crippen LogP contribution in [0.15, 0.2) is 6.20 Å².